The summed E-state index contributed by atoms with van der Waals surface area (Å²) in [7, 11) is 0. The molecule has 1 amide bonds. The van der Waals surface area contributed by atoms with E-state index in [1.807, 2.05) is 38.1 Å². The highest BCUT2D eigenvalue weighted by atomic mass is 127. The number of nitrogens with zero attached hydrogens (tertiary/aromatic N) is 1. The van der Waals surface area contributed by atoms with Gasteiger partial charge in [0.1, 0.15) is 0 Å². The molecule has 0 radical (unpaired) electrons. The summed E-state index contributed by atoms with van der Waals surface area (Å²) in [6.45, 7) is 9.10. The molecule has 1 saturated heterocycles. The van der Waals surface area contributed by atoms with Crippen LogP contribution in [0.25, 0.3) is 0 Å². The topological polar surface area (TPSA) is 84.0 Å². The van der Waals surface area contributed by atoms with E-state index >= 15 is 0 Å². The summed E-state index contributed by atoms with van der Waals surface area (Å²) in [5, 5.41) is 9.48. The van der Waals surface area contributed by atoms with Gasteiger partial charge in [-0.25, -0.2) is 4.99 Å². The number of carbonyl (C=O) groups excluding carboxylic acids is 1. The molecule has 1 atom stereocenters. The normalized spacial score (nSPS) is 16.2. The first-order valence-corrected chi connectivity index (χ1v) is 10.3. The third kappa shape index (κ3) is 10.3. The lowest BCUT2D eigenvalue weighted by Crippen LogP contribution is -2.38. The molecule has 2 rings (SSSR count). The standard InChI is InChI=1S/C21H34N4O3.HI/c1-3-10-23-20(26)18-8-5-7-17(14-18)15-25-21(22-4-2)24-11-6-12-28-19-9-13-27-16-19;/h5,7-8,14,19H,3-4,6,9-13,15-16H2,1-2H3,(H,23,26)(H2,22,24,25);1H. The van der Waals surface area contributed by atoms with Gasteiger partial charge in [0.25, 0.3) is 5.91 Å². The average Bonchev–Trinajstić information content (AvgIpc) is 3.23. The largest absolute Gasteiger partial charge is 0.379 e. The van der Waals surface area contributed by atoms with Gasteiger partial charge in [0.2, 0.25) is 0 Å². The summed E-state index contributed by atoms with van der Waals surface area (Å²) in [6, 6.07) is 7.62. The minimum atomic E-state index is -0.0367. The summed E-state index contributed by atoms with van der Waals surface area (Å²) in [5.41, 5.74) is 1.68. The lowest BCUT2D eigenvalue weighted by Gasteiger charge is -2.13. The Morgan fingerprint density at radius 3 is 2.83 bits per heavy atom. The minimum Gasteiger partial charge on any atom is -0.379 e. The highest BCUT2D eigenvalue weighted by Gasteiger charge is 2.15. The van der Waals surface area contributed by atoms with Crippen LogP contribution in [0.1, 0.15) is 49.0 Å². The maximum atomic E-state index is 12.1. The Hall–Kier alpha value is -1.39. The Morgan fingerprint density at radius 1 is 1.24 bits per heavy atom. The molecule has 3 N–H and O–H groups in total. The number of ether oxygens (including phenoxy) is 2. The Morgan fingerprint density at radius 2 is 2.10 bits per heavy atom. The summed E-state index contributed by atoms with van der Waals surface area (Å²) >= 11 is 0. The van der Waals surface area contributed by atoms with Crippen molar-refractivity contribution < 1.29 is 14.3 Å². The number of hydrogen-bond donors (Lipinski definition) is 3. The second-order valence-corrected chi connectivity index (χ2v) is 6.79. The van der Waals surface area contributed by atoms with Gasteiger partial charge < -0.3 is 25.4 Å². The predicted octanol–water partition coefficient (Wildman–Crippen LogP) is 2.70. The monoisotopic (exact) mass is 518 g/mol. The molecule has 0 bridgehead atoms. The first kappa shape index (κ1) is 25.6. The van der Waals surface area contributed by atoms with Crippen molar-refractivity contribution in [2.75, 3.05) is 39.5 Å². The smallest absolute Gasteiger partial charge is 0.251 e. The fourth-order valence-corrected chi connectivity index (χ4v) is 2.84. The molecular formula is C21H35IN4O3. The molecule has 0 aliphatic carbocycles. The maximum Gasteiger partial charge on any atom is 0.251 e. The van der Waals surface area contributed by atoms with Crippen molar-refractivity contribution in [3.63, 3.8) is 0 Å². The van der Waals surface area contributed by atoms with Crippen molar-refractivity contribution in [3.05, 3.63) is 35.4 Å². The number of amides is 1. The van der Waals surface area contributed by atoms with E-state index in [0.29, 0.717) is 25.3 Å². The third-order valence-electron chi connectivity index (χ3n) is 4.34. The lowest BCUT2D eigenvalue weighted by molar-refractivity contribution is 0.0420. The Bertz CT molecular complexity index is 622. The SMILES string of the molecule is CCCNC(=O)c1cccc(CN=C(NCC)NCCCOC2CCOC2)c1.I. The van der Waals surface area contributed by atoms with Gasteiger partial charge in [-0.1, -0.05) is 19.1 Å². The van der Waals surface area contributed by atoms with Gasteiger partial charge in [0.15, 0.2) is 5.96 Å². The molecule has 0 aromatic heterocycles. The molecule has 1 aromatic rings. The number of benzene rings is 1. The molecule has 1 unspecified atom stereocenters. The van der Waals surface area contributed by atoms with E-state index in [1.165, 1.54) is 0 Å². The van der Waals surface area contributed by atoms with E-state index in [2.05, 4.69) is 20.9 Å². The summed E-state index contributed by atoms with van der Waals surface area (Å²) in [5.74, 6) is 0.734. The van der Waals surface area contributed by atoms with Crippen LogP contribution in [0, 0.1) is 0 Å². The first-order valence-electron chi connectivity index (χ1n) is 10.3. The van der Waals surface area contributed by atoms with Gasteiger partial charge in [-0.2, -0.15) is 0 Å². The zero-order chi connectivity index (χ0) is 20.0. The number of hydrogen-bond acceptors (Lipinski definition) is 4. The average molecular weight is 518 g/mol. The maximum absolute atomic E-state index is 12.1. The van der Waals surface area contributed by atoms with Crippen LogP contribution < -0.4 is 16.0 Å². The Labute approximate surface area is 191 Å². The lowest BCUT2D eigenvalue weighted by atomic mass is 10.1. The van der Waals surface area contributed by atoms with Crippen LogP contribution in [-0.2, 0) is 16.0 Å². The van der Waals surface area contributed by atoms with Gasteiger partial charge in [-0.3, -0.25) is 4.79 Å². The van der Waals surface area contributed by atoms with Gasteiger partial charge >= 0.3 is 0 Å². The number of aliphatic imine (C=N–C) groups is 1. The van der Waals surface area contributed by atoms with Gasteiger partial charge in [0, 0.05) is 38.4 Å². The molecule has 1 fully saturated rings. The number of carbonyl (C=O) groups is 1. The van der Waals surface area contributed by atoms with Crippen LogP contribution in [0.5, 0.6) is 0 Å². The van der Waals surface area contributed by atoms with Crippen molar-refractivity contribution in [2.45, 2.75) is 45.8 Å². The van der Waals surface area contributed by atoms with Crippen molar-refractivity contribution in [3.8, 4) is 0 Å². The van der Waals surface area contributed by atoms with Crippen molar-refractivity contribution in [1.82, 2.24) is 16.0 Å². The summed E-state index contributed by atoms with van der Waals surface area (Å²) in [4.78, 5) is 16.7. The summed E-state index contributed by atoms with van der Waals surface area (Å²) < 4.78 is 11.1. The van der Waals surface area contributed by atoms with E-state index in [9.17, 15) is 4.79 Å². The quantitative estimate of drug-likeness (QED) is 0.182. The number of nitrogens with one attached hydrogen (secondary N) is 3. The molecule has 0 spiro atoms. The predicted molar refractivity (Wildman–Crippen MR) is 127 cm³/mol. The fraction of sp³-hybridized carbons (Fsp3) is 0.619. The van der Waals surface area contributed by atoms with Gasteiger partial charge in [0.05, 0.1) is 19.3 Å². The van der Waals surface area contributed by atoms with Crippen molar-refractivity contribution >= 4 is 35.8 Å². The van der Waals surface area contributed by atoms with Crippen LogP contribution in [0.3, 0.4) is 0 Å². The molecule has 0 saturated carbocycles. The summed E-state index contributed by atoms with van der Waals surface area (Å²) in [6.07, 6.45) is 3.08. The molecule has 29 heavy (non-hydrogen) atoms. The van der Waals surface area contributed by atoms with E-state index in [-0.39, 0.29) is 36.0 Å². The molecular weight excluding hydrogens is 483 g/mol. The van der Waals surface area contributed by atoms with Crippen LogP contribution in [-0.4, -0.2) is 57.4 Å². The second kappa shape index (κ2) is 15.4. The highest BCUT2D eigenvalue weighted by Crippen LogP contribution is 2.08. The van der Waals surface area contributed by atoms with E-state index < -0.39 is 0 Å². The van der Waals surface area contributed by atoms with E-state index in [1.54, 1.807) is 0 Å². The zero-order valence-electron chi connectivity index (χ0n) is 17.5. The molecule has 164 valence electrons. The van der Waals surface area contributed by atoms with Crippen LogP contribution in [0.4, 0.5) is 0 Å². The fourth-order valence-electron chi connectivity index (χ4n) is 2.84. The zero-order valence-corrected chi connectivity index (χ0v) is 19.9. The van der Waals surface area contributed by atoms with Gasteiger partial charge in [-0.05, 0) is 43.9 Å². The Kier molecular flexibility index (Phi) is 13.7. The van der Waals surface area contributed by atoms with E-state index in [4.69, 9.17) is 9.47 Å². The van der Waals surface area contributed by atoms with Crippen LogP contribution in [0.2, 0.25) is 0 Å². The molecule has 1 aliphatic heterocycles. The van der Waals surface area contributed by atoms with E-state index in [0.717, 1.165) is 57.1 Å². The Balaban J connectivity index is 0.00000420. The molecule has 8 heteroatoms. The molecule has 1 aliphatic rings. The number of halogens is 1. The van der Waals surface area contributed by atoms with Crippen LogP contribution >= 0.6 is 24.0 Å². The molecule has 1 aromatic carbocycles. The molecule has 1 heterocycles. The van der Waals surface area contributed by atoms with Crippen LogP contribution in [0.15, 0.2) is 29.3 Å². The first-order chi connectivity index (χ1) is 13.7. The van der Waals surface area contributed by atoms with Gasteiger partial charge in [-0.15, -0.1) is 24.0 Å². The highest BCUT2D eigenvalue weighted by molar-refractivity contribution is 14.0. The number of guanidine groups is 1. The minimum absolute atomic E-state index is 0. The third-order valence-corrected chi connectivity index (χ3v) is 4.34. The number of rotatable bonds is 11. The van der Waals surface area contributed by atoms with Crippen molar-refractivity contribution in [1.29, 1.82) is 0 Å². The molecule has 7 nitrogen and oxygen atoms in total. The second-order valence-electron chi connectivity index (χ2n) is 6.79. The van der Waals surface area contributed by atoms with Crippen molar-refractivity contribution in [2.24, 2.45) is 4.99 Å².